The fraction of sp³-hybridized carbons (Fsp3) is 0.600. The maximum Gasteiger partial charge on any atom is 0.216 e. The number of benzene rings is 1. The van der Waals surface area contributed by atoms with Gasteiger partial charge in [0.2, 0.25) is 10.0 Å². The van der Waals surface area contributed by atoms with E-state index >= 15 is 0 Å². The van der Waals surface area contributed by atoms with Crippen molar-refractivity contribution in [1.82, 2.24) is 4.72 Å². The summed E-state index contributed by atoms with van der Waals surface area (Å²) in [5.41, 5.74) is 1.76. The van der Waals surface area contributed by atoms with Crippen molar-refractivity contribution in [2.24, 2.45) is 5.41 Å². The number of hydrogen-bond acceptors (Lipinski definition) is 3. The number of rotatable bonds is 5. The number of aliphatic hydroxyl groups is 1. The van der Waals surface area contributed by atoms with Crippen molar-refractivity contribution in [1.29, 1.82) is 0 Å². The second kappa shape index (κ2) is 5.84. The summed E-state index contributed by atoms with van der Waals surface area (Å²) < 4.78 is 27.1. The molecular formula is C15H23NO3S. The van der Waals surface area contributed by atoms with E-state index < -0.39 is 10.0 Å². The lowest BCUT2D eigenvalue weighted by Crippen LogP contribution is -2.34. The van der Waals surface area contributed by atoms with Gasteiger partial charge < -0.3 is 5.11 Å². The molecule has 0 radical (unpaired) electrons. The lowest BCUT2D eigenvalue weighted by atomic mass is 9.92. The Hall–Kier alpha value is -0.910. The highest BCUT2D eigenvalue weighted by molar-refractivity contribution is 7.88. The molecule has 0 bridgehead atoms. The maximum absolute atomic E-state index is 12.2. The molecule has 0 saturated heterocycles. The van der Waals surface area contributed by atoms with E-state index in [1.165, 1.54) is 0 Å². The first kappa shape index (κ1) is 15.5. The van der Waals surface area contributed by atoms with Crippen LogP contribution in [-0.4, -0.2) is 19.6 Å². The molecule has 1 aromatic rings. The Kier molecular flexibility index (Phi) is 4.52. The predicted molar refractivity (Wildman–Crippen MR) is 79.5 cm³/mol. The molecule has 1 aromatic carbocycles. The smallest absolute Gasteiger partial charge is 0.216 e. The zero-order valence-corrected chi connectivity index (χ0v) is 12.9. The summed E-state index contributed by atoms with van der Waals surface area (Å²) in [7, 11) is -3.30. The van der Waals surface area contributed by atoms with Crippen molar-refractivity contribution in [2.75, 3.05) is 0 Å². The standard InChI is InChI=1S/C15H23NO3S/c1-15(2)8-7-14(9-15)16-20(18,19)11-13-5-3-12(10-17)4-6-13/h3-6,14,16-17H,7-11H2,1-2H3. The molecule has 1 saturated carbocycles. The first-order chi connectivity index (χ1) is 9.30. The van der Waals surface area contributed by atoms with Gasteiger partial charge in [0.05, 0.1) is 12.4 Å². The van der Waals surface area contributed by atoms with Gasteiger partial charge in [-0.15, -0.1) is 0 Å². The fourth-order valence-corrected chi connectivity index (χ4v) is 4.22. The molecule has 20 heavy (non-hydrogen) atoms. The molecule has 0 aromatic heterocycles. The van der Waals surface area contributed by atoms with E-state index in [0.717, 1.165) is 30.4 Å². The van der Waals surface area contributed by atoms with Crippen LogP contribution >= 0.6 is 0 Å². The molecule has 2 N–H and O–H groups in total. The highest BCUT2D eigenvalue weighted by atomic mass is 32.2. The van der Waals surface area contributed by atoms with Crippen molar-refractivity contribution in [3.8, 4) is 0 Å². The molecule has 0 spiro atoms. The molecule has 112 valence electrons. The number of hydrogen-bond donors (Lipinski definition) is 2. The van der Waals surface area contributed by atoms with Gasteiger partial charge in [-0.25, -0.2) is 13.1 Å². The first-order valence-corrected chi connectivity index (χ1v) is 8.64. The van der Waals surface area contributed by atoms with E-state index in [-0.39, 0.29) is 23.8 Å². The Balaban J connectivity index is 1.97. The van der Waals surface area contributed by atoms with Crippen LogP contribution < -0.4 is 4.72 Å². The Morgan fingerprint density at radius 2 is 1.85 bits per heavy atom. The summed E-state index contributed by atoms with van der Waals surface area (Å²) in [6.07, 6.45) is 2.87. The van der Waals surface area contributed by atoms with E-state index in [2.05, 4.69) is 18.6 Å². The van der Waals surface area contributed by atoms with Crippen LogP contribution in [0, 0.1) is 5.41 Å². The molecule has 1 unspecified atom stereocenters. The topological polar surface area (TPSA) is 66.4 Å². The van der Waals surface area contributed by atoms with Crippen LogP contribution in [0.15, 0.2) is 24.3 Å². The molecule has 1 fully saturated rings. The van der Waals surface area contributed by atoms with Gasteiger partial charge in [0.1, 0.15) is 0 Å². The van der Waals surface area contributed by atoms with Crippen molar-refractivity contribution >= 4 is 10.0 Å². The van der Waals surface area contributed by atoms with Gasteiger partial charge in [-0.3, -0.25) is 0 Å². The molecule has 0 aliphatic heterocycles. The minimum absolute atomic E-state index is 0.00433. The Labute approximate surface area is 121 Å². The Morgan fingerprint density at radius 1 is 1.25 bits per heavy atom. The summed E-state index contributed by atoms with van der Waals surface area (Å²) in [5.74, 6) is -0.00433. The molecule has 0 heterocycles. The molecule has 2 rings (SSSR count). The van der Waals surface area contributed by atoms with Crippen molar-refractivity contribution in [3.05, 3.63) is 35.4 Å². The molecule has 1 aliphatic rings. The van der Waals surface area contributed by atoms with E-state index in [1.807, 2.05) is 0 Å². The zero-order chi connectivity index (χ0) is 14.8. The second-order valence-electron chi connectivity index (χ2n) is 6.46. The quantitative estimate of drug-likeness (QED) is 0.875. The monoisotopic (exact) mass is 297 g/mol. The maximum atomic E-state index is 12.2. The molecule has 1 atom stereocenters. The second-order valence-corrected chi connectivity index (χ2v) is 8.21. The number of sulfonamides is 1. The average molecular weight is 297 g/mol. The van der Waals surface area contributed by atoms with Gasteiger partial charge in [0, 0.05) is 6.04 Å². The fourth-order valence-electron chi connectivity index (χ4n) is 2.79. The summed E-state index contributed by atoms with van der Waals surface area (Å²) in [5, 5.41) is 8.97. The molecule has 4 nitrogen and oxygen atoms in total. The van der Waals surface area contributed by atoms with Crippen LogP contribution in [0.5, 0.6) is 0 Å². The van der Waals surface area contributed by atoms with Gasteiger partial charge >= 0.3 is 0 Å². The van der Waals surface area contributed by atoms with Gasteiger partial charge in [-0.05, 0) is 35.8 Å². The summed E-state index contributed by atoms with van der Waals surface area (Å²) in [6, 6.07) is 7.08. The van der Waals surface area contributed by atoms with Crippen LogP contribution in [0.25, 0.3) is 0 Å². The first-order valence-electron chi connectivity index (χ1n) is 6.98. The largest absolute Gasteiger partial charge is 0.392 e. The molecule has 0 amide bonds. The van der Waals surface area contributed by atoms with Crippen LogP contribution in [0.2, 0.25) is 0 Å². The molecule has 1 aliphatic carbocycles. The predicted octanol–water partition coefficient (Wildman–Crippen LogP) is 2.18. The number of nitrogens with one attached hydrogen (secondary N) is 1. The summed E-state index contributed by atoms with van der Waals surface area (Å²) in [4.78, 5) is 0. The van der Waals surface area contributed by atoms with Crippen LogP contribution in [0.1, 0.15) is 44.2 Å². The summed E-state index contributed by atoms with van der Waals surface area (Å²) >= 11 is 0. The highest BCUT2D eigenvalue weighted by Gasteiger charge is 2.33. The lowest BCUT2D eigenvalue weighted by Gasteiger charge is -2.18. The third kappa shape index (κ3) is 4.30. The minimum Gasteiger partial charge on any atom is -0.392 e. The average Bonchev–Trinajstić information content (AvgIpc) is 2.68. The molecule has 5 heteroatoms. The Bertz CT molecular complexity index is 549. The van der Waals surface area contributed by atoms with Gasteiger partial charge in [-0.2, -0.15) is 0 Å². The van der Waals surface area contributed by atoms with Crippen molar-refractivity contribution in [3.63, 3.8) is 0 Å². The van der Waals surface area contributed by atoms with Gasteiger partial charge in [0.15, 0.2) is 0 Å². The van der Waals surface area contributed by atoms with E-state index in [1.54, 1.807) is 24.3 Å². The van der Waals surface area contributed by atoms with Crippen LogP contribution in [-0.2, 0) is 22.4 Å². The van der Waals surface area contributed by atoms with Crippen molar-refractivity contribution in [2.45, 2.75) is 51.5 Å². The SMILES string of the molecule is CC1(C)CCC(NS(=O)(=O)Cc2ccc(CO)cc2)C1. The van der Waals surface area contributed by atoms with E-state index in [4.69, 9.17) is 5.11 Å². The van der Waals surface area contributed by atoms with E-state index in [9.17, 15) is 8.42 Å². The normalized spacial score (nSPS) is 22.1. The number of aliphatic hydroxyl groups excluding tert-OH is 1. The van der Waals surface area contributed by atoms with E-state index in [0.29, 0.717) is 0 Å². The highest BCUT2D eigenvalue weighted by Crippen LogP contribution is 2.37. The van der Waals surface area contributed by atoms with Crippen LogP contribution in [0.4, 0.5) is 0 Å². The van der Waals surface area contributed by atoms with Gasteiger partial charge in [0.25, 0.3) is 0 Å². The summed E-state index contributed by atoms with van der Waals surface area (Å²) in [6.45, 7) is 4.33. The third-order valence-corrected chi connectivity index (χ3v) is 5.28. The zero-order valence-electron chi connectivity index (χ0n) is 12.1. The van der Waals surface area contributed by atoms with Gasteiger partial charge in [-0.1, -0.05) is 38.1 Å². The van der Waals surface area contributed by atoms with Crippen LogP contribution in [0.3, 0.4) is 0 Å². The third-order valence-electron chi connectivity index (χ3n) is 3.88. The van der Waals surface area contributed by atoms with Crippen molar-refractivity contribution < 1.29 is 13.5 Å². The minimum atomic E-state index is -3.30. The Morgan fingerprint density at radius 3 is 2.35 bits per heavy atom. The molecular weight excluding hydrogens is 274 g/mol. The lowest BCUT2D eigenvalue weighted by molar-refractivity contribution is 0.282.